The second-order valence-electron chi connectivity index (χ2n) is 9.24. The number of carbonyl (C=O) groups is 2. The lowest BCUT2D eigenvalue weighted by molar-refractivity contribution is -0.141. The smallest absolute Gasteiger partial charge is 0.242 e. The summed E-state index contributed by atoms with van der Waals surface area (Å²) in [5.41, 5.74) is 3.34. The van der Waals surface area contributed by atoms with Crippen molar-refractivity contribution >= 4 is 39.1 Å². The molecule has 0 spiro atoms. The van der Waals surface area contributed by atoms with Gasteiger partial charge in [0.2, 0.25) is 21.8 Å². The largest absolute Gasteiger partial charge is 0.357 e. The Morgan fingerprint density at radius 1 is 0.921 bits per heavy atom. The first-order valence-corrected chi connectivity index (χ1v) is 14.6. The van der Waals surface area contributed by atoms with Crippen LogP contribution in [0, 0.1) is 6.92 Å². The molecule has 3 rings (SSSR count). The summed E-state index contributed by atoms with van der Waals surface area (Å²) in [4.78, 5) is 28.2. The van der Waals surface area contributed by atoms with Crippen LogP contribution in [0.1, 0.15) is 29.5 Å². The van der Waals surface area contributed by atoms with Crippen molar-refractivity contribution in [2.45, 2.75) is 38.8 Å². The maximum absolute atomic E-state index is 13.6. The number of carbonyl (C=O) groups excluding carboxylic acids is 2. The number of hydrogen-bond donors (Lipinski definition) is 1. The number of halogens is 1. The molecule has 0 heterocycles. The number of nitrogens with one attached hydrogen (secondary N) is 1. The van der Waals surface area contributed by atoms with Gasteiger partial charge < -0.3 is 10.2 Å². The summed E-state index contributed by atoms with van der Waals surface area (Å²) in [6.45, 7) is 2.29. The highest BCUT2D eigenvalue weighted by Gasteiger charge is 2.30. The molecule has 0 radical (unpaired) electrons. The minimum absolute atomic E-state index is 0.0771. The number of rotatable bonds is 12. The van der Waals surface area contributed by atoms with E-state index < -0.39 is 16.1 Å². The summed E-state index contributed by atoms with van der Waals surface area (Å²) in [6, 6.07) is 23.2. The minimum Gasteiger partial charge on any atom is -0.357 e. The Hall–Kier alpha value is -3.36. The molecule has 1 unspecified atom stereocenters. The van der Waals surface area contributed by atoms with Crippen molar-refractivity contribution in [2.24, 2.45) is 0 Å². The van der Waals surface area contributed by atoms with E-state index in [1.165, 1.54) is 4.31 Å². The van der Waals surface area contributed by atoms with Crippen LogP contribution in [0.3, 0.4) is 0 Å². The first-order valence-electron chi connectivity index (χ1n) is 12.4. The van der Waals surface area contributed by atoms with Gasteiger partial charge in [-0.2, -0.15) is 0 Å². The summed E-state index contributed by atoms with van der Waals surface area (Å²) in [6.07, 6.45) is 1.87. The third-order valence-electron chi connectivity index (χ3n) is 6.26. The second-order valence-corrected chi connectivity index (χ2v) is 11.6. The van der Waals surface area contributed by atoms with Crippen LogP contribution in [0.4, 0.5) is 5.69 Å². The molecule has 3 aromatic rings. The first-order chi connectivity index (χ1) is 18.1. The van der Waals surface area contributed by atoms with E-state index in [-0.39, 0.29) is 31.3 Å². The fourth-order valence-electron chi connectivity index (χ4n) is 4.22. The number of benzene rings is 3. The lowest BCUT2D eigenvalue weighted by Gasteiger charge is -2.31. The molecular weight excluding hydrogens is 522 g/mol. The molecule has 0 aliphatic rings. The summed E-state index contributed by atoms with van der Waals surface area (Å²) < 4.78 is 26.3. The summed E-state index contributed by atoms with van der Waals surface area (Å²) >= 11 is 6.05. The molecule has 202 valence electrons. The molecule has 9 heteroatoms. The molecular formula is C29H34ClN3O4S. The zero-order valence-corrected chi connectivity index (χ0v) is 23.5. The van der Waals surface area contributed by atoms with Crippen LogP contribution >= 0.6 is 11.6 Å². The maximum atomic E-state index is 13.6. The summed E-state index contributed by atoms with van der Waals surface area (Å²) in [5.74, 6) is -0.504. The van der Waals surface area contributed by atoms with E-state index in [0.29, 0.717) is 23.6 Å². The Labute approximate surface area is 230 Å². The summed E-state index contributed by atoms with van der Waals surface area (Å²) in [5, 5.41) is 3.27. The van der Waals surface area contributed by atoms with Crippen molar-refractivity contribution in [3.8, 4) is 0 Å². The van der Waals surface area contributed by atoms with Gasteiger partial charge in [-0.1, -0.05) is 71.8 Å². The first kappa shape index (κ1) is 29.2. The van der Waals surface area contributed by atoms with Gasteiger partial charge in [0.15, 0.2) is 0 Å². The molecule has 0 aliphatic carbocycles. The maximum Gasteiger partial charge on any atom is 0.242 e. The number of amides is 2. The molecule has 1 N–H and O–H groups in total. The fourth-order valence-corrected chi connectivity index (χ4v) is 5.31. The Balaban J connectivity index is 1.83. The van der Waals surface area contributed by atoms with Gasteiger partial charge in [-0.05, 0) is 48.7 Å². The Morgan fingerprint density at radius 2 is 1.55 bits per heavy atom. The SMILES string of the molecule is CNC(=O)C(Cc1ccccc1)N(Cc1ccc(Cl)cc1)C(=O)CCCN(c1ccc(C)cc1)S(C)(=O)=O. The number of sulfonamides is 1. The van der Waals surface area contributed by atoms with E-state index >= 15 is 0 Å². The zero-order chi connectivity index (χ0) is 27.7. The number of hydrogen-bond acceptors (Lipinski definition) is 4. The monoisotopic (exact) mass is 555 g/mol. The predicted molar refractivity (Wildman–Crippen MR) is 153 cm³/mol. The Morgan fingerprint density at radius 3 is 2.13 bits per heavy atom. The Kier molecular flexibility index (Phi) is 10.3. The average molecular weight is 556 g/mol. The number of aryl methyl sites for hydroxylation is 1. The minimum atomic E-state index is -3.54. The third-order valence-corrected chi connectivity index (χ3v) is 7.70. The molecule has 2 amide bonds. The van der Waals surface area contributed by atoms with Crippen LogP contribution < -0.4 is 9.62 Å². The van der Waals surface area contributed by atoms with Crippen molar-refractivity contribution in [3.05, 3.63) is 101 Å². The average Bonchev–Trinajstić information content (AvgIpc) is 2.89. The van der Waals surface area contributed by atoms with Gasteiger partial charge in [0.05, 0.1) is 11.9 Å². The molecule has 0 bridgehead atoms. The van der Waals surface area contributed by atoms with Crippen molar-refractivity contribution in [3.63, 3.8) is 0 Å². The third kappa shape index (κ3) is 8.33. The fraction of sp³-hybridized carbons (Fsp3) is 0.310. The van der Waals surface area contributed by atoms with Crippen molar-refractivity contribution in [1.82, 2.24) is 10.2 Å². The van der Waals surface area contributed by atoms with E-state index in [1.54, 1.807) is 36.2 Å². The molecule has 0 aliphatic heterocycles. The zero-order valence-electron chi connectivity index (χ0n) is 21.9. The van der Waals surface area contributed by atoms with E-state index in [4.69, 9.17) is 11.6 Å². The second kappa shape index (κ2) is 13.4. The van der Waals surface area contributed by atoms with E-state index in [9.17, 15) is 18.0 Å². The Bertz CT molecular complexity index is 1310. The van der Waals surface area contributed by atoms with Gasteiger partial charge in [0.25, 0.3) is 0 Å². The molecule has 3 aromatic carbocycles. The van der Waals surface area contributed by atoms with E-state index in [1.807, 2.05) is 61.5 Å². The van der Waals surface area contributed by atoms with Crippen molar-refractivity contribution < 1.29 is 18.0 Å². The van der Waals surface area contributed by atoms with Crippen LogP contribution in [-0.2, 0) is 32.6 Å². The van der Waals surface area contributed by atoms with Crippen LogP contribution in [-0.4, -0.2) is 51.0 Å². The lowest BCUT2D eigenvalue weighted by Crippen LogP contribution is -2.49. The van der Waals surface area contributed by atoms with Gasteiger partial charge in [-0.15, -0.1) is 0 Å². The molecule has 0 saturated carbocycles. The molecule has 0 aromatic heterocycles. The lowest BCUT2D eigenvalue weighted by atomic mass is 10.0. The highest BCUT2D eigenvalue weighted by atomic mass is 35.5. The normalized spacial score (nSPS) is 12.0. The number of nitrogens with zero attached hydrogens (tertiary/aromatic N) is 2. The topological polar surface area (TPSA) is 86.8 Å². The molecule has 1 atom stereocenters. The van der Waals surface area contributed by atoms with Gasteiger partial charge in [-0.3, -0.25) is 13.9 Å². The molecule has 0 saturated heterocycles. The quantitative estimate of drug-likeness (QED) is 0.354. The van der Waals surface area contributed by atoms with Gasteiger partial charge >= 0.3 is 0 Å². The highest BCUT2D eigenvalue weighted by molar-refractivity contribution is 7.92. The van der Waals surface area contributed by atoms with Crippen LogP contribution in [0.25, 0.3) is 0 Å². The predicted octanol–water partition coefficient (Wildman–Crippen LogP) is 4.58. The highest BCUT2D eigenvalue weighted by Crippen LogP contribution is 2.21. The van der Waals surface area contributed by atoms with Gasteiger partial charge in [-0.25, -0.2) is 8.42 Å². The standard InChI is InChI=1S/C29H34ClN3O4S/c1-22-11-17-26(18-12-22)33(38(3,36)37)19-7-10-28(34)32(21-24-13-15-25(30)16-14-24)27(29(35)31-2)20-23-8-5-4-6-9-23/h4-6,8-9,11-18,27H,7,10,19-21H2,1-3H3,(H,31,35). The van der Waals surface area contributed by atoms with Crippen molar-refractivity contribution in [2.75, 3.05) is 24.2 Å². The van der Waals surface area contributed by atoms with Crippen LogP contribution in [0.2, 0.25) is 5.02 Å². The molecule has 38 heavy (non-hydrogen) atoms. The van der Waals surface area contributed by atoms with Crippen LogP contribution in [0.5, 0.6) is 0 Å². The van der Waals surface area contributed by atoms with E-state index in [2.05, 4.69) is 5.32 Å². The van der Waals surface area contributed by atoms with E-state index in [0.717, 1.165) is 22.9 Å². The number of likely N-dealkylation sites (N-methyl/N-ethyl adjacent to an activating group) is 1. The number of anilines is 1. The van der Waals surface area contributed by atoms with Crippen LogP contribution in [0.15, 0.2) is 78.9 Å². The molecule has 7 nitrogen and oxygen atoms in total. The van der Waals surface area contributed by atoms with Crippen molar-refractivity contribution in [1.29, 1.82) is 0 Å². The molecule has 0 fully saturated rings. The summed E-state index contributed by atoms with van der Waals surface area (Å²) in [7, 11) is -1.99. The van der Waals surface area contributed by atoms with Gasteiger partial charge in [0, 0.05) is 38.0 Å². The van der Waals surface area contributed by atoms with Gasteiger partial charge in [0.1, 0.15) is 6.04 Å².